The van der Waals surface area contributed by atoms with Gasteiger partial charge in [0.1, 0.15) is 5.82 Å². The number of rotatable bonds is 6. The lowest BCUT2D eigenvalue weighted by molar-refractivity contribution is 0.0698. The van der Waals surface area contributed by atoms with Crippen LogP contribution in [0.4, 0.5) is 15.8 Å². The van der Waals surface area contributed by atoms with Gasteiger partial charge in [-0.25, -0.2) is 9.18 Å². The van der Waals surface area contributed by atoms with Crippen molar-refractivity contribution in [3.8, 4) is 0 Å². The van der Waals surface area contributed by atoms with Crippen LogP contribution >= 0.6 is 0 Å². The first-order valence-corrected chi connectivity index (χ1v) is 6.08. The molecule has 5 heteroatoms. The number of carboxylic acid groups (broad SMARTS) is 1. The molecule has 3 N–H and O–H groups in total. The van der Waals surface area contributed by atoms with Crippen molar-refractivity contribution < 1.29 is 14.3 Å². The molecule has 18 heavy (non-hydrogen) atoms. The Morgan fingerprint density at radius 1 is 1.33 bits per heavy atom. The molecule has 1 aromatic carbocycles. The first kappa shape index (κ1) is 14.3. The standard InChI is InChI=1S/C13H19FN2O2/c1-3-5-16(6-4-2)12-7-9(13(17)18)11(15)8-10(12)14/h7-8H,3-6,15H2,1-2H3,(H,17,18). The second-order valence-corrected chi connectivity index (χ2v) is 4.18. The summed E-state index contributed by atoms with van der Waals surface area (Å²) in [5.41, 5.74) is 5.71. The summed E-state index contributed by atoms with van der Waals surface area (Å²) < 4.78 is 13.9. The minimum Gasteiger partial charge on any atom is -0.478 e. The molecular formula is C13H19FN2O2. The van der Waals surface area contributed by atoms with Crippen LogP contribution in [0.2, 0.25) is 0 Å². The molecule has 0 aliphatic heterocycles. The van der Waals surface area contributed by atoms with Gasteiger partial charge >= 0.3 is 5.97 Å². The summed E-state index contributed by atoms with van der Waals surface area (Å²) in [5.74, 6) is -1.61. The molecule has 0 atom stereocenters. The Morgan fingerprint density at radius 3 is 2.33 bits per heavy atom. The van der Waals surface area contributed by atoms with Gasteiger partial charge in [0.2, 0.25) is 0 Å². The molecule has 0 amide bonds. The number of carbonyl (C=O) groups is 1. The number of nitrogen functional groups attached to an aromatic ring is 1. The van der Waals surface area contributed by atoms with E-state index in [4.69, 9.17) is 10.8 Å². The Morgan fingerprint density at radius 2 is 1.89 bits per heavy atom. The van der Waals surface area contributed by atoms with Gasteiger partial charge in [0.05, 0.1) is 11.3 Å². The Bertz CT molecular complexity index is 429. The molecule has 0 aliphatic rings. The second kappa shape index (κ2) is 6.23. The number of carboxylic acids is 1. The predicted octanol–water partition coefficient (Wildman–Crippen LogP) is 2.73. The molecule has 0 heterocycles. The molecule has 0 saturated carbocycles. The van der Waals surface area contributed by atoms with Crippen molar-refractivity contribution in [2.75, 3.05) is 23.7 Å². The fourth-order valence-electron chi connectivity index (χ4n) is 1.90. The number of hydrogen-bond acceptors (Lipinski definition) is 3. The van der Waals surface area contributed by atoms with Crippen LogP contribution in [0, 0.1) is 5.82 Å². The highest BCUT2D eigenvalue weighted by molar-refractivity contribution is 5.95. The van der Waals surface area contributed by atoms with Gasteiger partial charge in [-0.1, -0.05) is 13.8 Å². The third-order valence-corrected chi connectivity index (χ3v) is 2.68. The van der Waals surface area contributed by atoms with Crippen LogP contribution in [0.1, 0.15) is 37.0 Å². The lowest BCUT2D eigenvalue weighted by atomic mass is 10.1. The summed E-state index contributed by atoms with van der Waals surface area (Å²) in [4.78, 5) is 12.9. The fourth-order valence-corrected chi connectivity index (χ4v) is 1.90. The van der Waals surface area contributed by atoms with Gasteiger partial charge in [-0.3, -0.25) is 0 Å². The first-order chi connectivity index (χ1) is 8.51. The zero-order chi connectivity index (χ0) is 13.7. The summed E-state index contributed by atoms with van der Waals surface area (Å²) in [6, 6.07) is 2.40. The number of benzene rings is 1. The lowest BCUT2D eigenvalue weighted by Crippen LogP contribution is -2.26. The summed E-state index contributed by atoms with van der Waals surface area (Å²) in [6.07, 6.45) is 1.73. The molecule has 0 fully saturated rings. The van der Waals surface area contributed by atoms with E-state index in [-0.39, 0.29) is 11.3 Å². The Labute approximate surface area is 106 Å². The van der Waals surface area contributed by atoms with Crippen molar-refractivity contribution in [2.45, 2.75) is 26.7 Å². The highest BCUT2D eigenvalue weighted by Gasteiger charge is 2.16. The molecule has 0 saturated heterocycles. The van der Waals surface area contributed by atoms with Gasteiger partial charge in [-0.2, -0.15) is 0 Å². The van der Waals surface area contributed by atoms with E-state index >= 15 is 0 Å². The highest BCUT2D eigenvalue weighted by Crippen LogP contribution is 2.26. The van der Waals surface area contributed by atoms with Crippen LogP contribution in [0.15, 0.2) is 12.1 Å². The predicted molar refractivity (Wildman–Crippen MR) is 70.6 cm³/mol. The molecule has 0 bridgehead atoms. The van der Waals surface area contributed by atoms with Crippen LogP contribution in [0.3, 0.4) is 0 Å². The van der Waals surface area contributed by atoms with E-state index in [1.54, 1.807) is 0 Å². The number of anilines is 2. The minimum absolute atomic E-state index is 0.0447. The van der Waals surface area contributed by atoms with Gasteiger partial charge < -0.3 is 15.7 Å². The third-order valence-electron chi connectivity index (χ3n) is 2.68. The van der Waals surface area contributed by atoms with E-state index in [9.17, 15) is 9.18 Å². The lowest BCUT2D eigenvalue weighted by Gasteiger charge is -2.24. The van der Waals surface area contributed by atoms with Gasteiger partial charge in [0.25, 0.3) is 0 Å². The minimum atomic E-state index is -1.14. The summed E-state index contributed by atoms with van der Waals surface area (Å²) in [7, 11) is 0. The zero-order valence-electron chi connectivity index (χ0n) is 10.7. The Balaban J connectivity index is 3.20. The molecule has 0 unspecified atom stereocenters. The van der Waals surface area contributed by atoms with E-state index in [0.717, 1.165) is 18.9 Å². The van der Waals surface area contributed by atoms with Crippen molar-refractivity contribution >= 4 is 17.3 Å². The van der Waals surface area contributed by atoms with Crippen LogP contribution < -0.4 is 10.6 Å². The molecule has 1 aromatic rings. The average molecular weight is 254 g/mol. The monoisotopic (exact) mass is 254 g/mol. The van der Waals surface area contributed by atoms with Gasteiger partial charge in [0.15, 0.2) is 0 Å². The number of nitrogens with zero attached hydrogens (tertiary/aromatic N) is 1. The molecule has 100 valence electrons. The van der Waals surface area contributed by atoms with Crippen molar-refractivity contribution in [3.05, 3.63) is 23.5 Å². The van der Waals surface area contributed by atoms with Crippen molar-refractivity contribution in [3.63, 3.8) is 0 Å². The summed E-state index contributed by atoms with van der Waals surface area (Å²) >= 11 is 0. The molecule has 0 aliphatic carbocycles. The first-order valence-electron chi connectivity index (χ1n) is 6.08. The normalized spacial score (nSPS) is 10.4. The SMILES string of the molecule is CCCN(CCC)c1cc(C(=O)O)c(N)cc1F. The van der Waals surface area contributed by atoms with Gasteiger partial charge in [0, 0.05) is 18.8 Å². The van der Waals surface area contributed by atoms with E-state index in [2.05, 4.69) is 0 Å². The summed E-state index contributed by atoms with van der Waals surface area (Å²) in [5, 5.41) is 9.00. The molecule has 4 nitrogen and oxygen atoms in total. The van der Waals surface area contributed by atoms with Crippen molar-refractivity contribution in [1.29, 1.82) is 0 Å². The summed E-state index contributed by atoms with van der Waals surface area (Å²) in [6.45, 7) is 5.37. The van der Waals surface area contributed by atoms with Crippen LogP contribution in [0.25, 0.3) is 0 Å². The fraction of sp³-hybridized carbons (Fsp3) is 0.462. The molecular weight excluding hydrogens is 235 g/mol. The Kier molecular flexibility index (Phi) is 4.95. The van der Waals surface area contributed by atoms with Crippen LogP contribution in [0.5, 0.6) is 0 Å². The maximum Gasteiger partial charge on any atom is 0.337 e. The maximum atomic E-state index is 13.9. The van der Waals surface area contributed by atoms with E-state index in [1.165, 1.54) is 6.07 Å². The van der Waals surface area contributed by atoms with E-state index < -0.39 is 11.8 Å². The quantitative estimate of drug-likeness (QED) is 0.766. The van der Waals surface area contributed by atoms with Crippen LogP contribution in [-0.4, -0.2) is 24.2 Å². The van der Waals surface area contributed by atoms with Crippen molar-refractivity contribution in [2.24, 2.45) is 0 Å². The smallest absolute Gasteiger partial charge is 0.337 e. The third kappa shape index (κ3) is 3.12. The number of nitrogens with two attached hydrogens (primary N) is 1. The number of aromatic carboxylic acids is 1. The second-order valence-electron chi connectivity index (χ2n) is 4.18. The molecule has 0 aromatic heterocycles. The molecule has 1 rings (SSSR count). The van der Waals surface area contributed by atoms with Crippen LogP contribution in [-0.2, 0) is 0 Å². The number of hydrogen-bond donors (Lipinski definition) is 2. The zero-order valence-corrected chi connectivity index (χ0v) is 10.7. The number of halogens is 1. The Hall–Kier alpha value is -1.78. The topological polar surface area (TPSA) is 66.6 Å². The average Bonchev–Trinajstić information content (AvgIpc) is 2.28. The maximum absolute atomic E-state index is 13.9. The highest BCUT2D eigenvalue weighted by atomic mass is 19.1. The van der Waals surface area contributed by atoms with Gasteiger partial charge in [-0.05, 0) is 25.0 Å². The molecule has 0 spiro atoms. The van der Waals surface area contributed by atoms with Crippen molar-refractivity contribution in [1.82, 2.24) is 0 Å². The largest absolute Gasteiger partial charge is 0.478 e. The van der Waals surface area contributed by atoms with E-state index in [0.29, 0.717) is 18.8 Å². The van der Waals surface area contributed by atoms with E-state index in [1.807, 2.05) is 18.7 Å². The van der Waals surface area contributed by atoms with Gasteiger partial charge in [-0.15, -0.1) is 0 Å². The molecule has 0 radical (unpaired) electrons.